The van der Waals surface area contributed by atoms with Gasteiger partial charge in [0.05, 0.1) is 0 Å². The van der Waals surface area contributed by atoms with Crippen LogP contribution in [-0.2, 0) is 9.59 Å². The number of hydrogen-bond donors (Lipinski definition) is 2. The molecule has 1 fully saturated rings. The molecule has 0 spiro atoms. The first-order valence-electron chi connectivity index (χ1n) is 9.36. The fraction of sp³-hybridized carbons (Fsp3) is 0.0870. The molecule has 0 aliphatic carbocycles. The Kier molecular flexibility index (Phi) is 5.45. The number of carbonyl (C=O) groups is 3. The molecule has 0 unspecified atom stereocenters. The van der Waals surface area contributed by atoms with E-state index in [1.165, 1.54) is 11.3 Å². The van der Waals surface area contributed by atoms with Crippen molar-refractivity contribution < 1.29 is 14.4 Å². The smallest absolute Gasteiger partial charge is 0.325 e. The molecule has 1 saturated heterocycles. The summed E-state index contributed by atoms with van der Waals surface area (Å²) < 4.78 is 0. The SMILES string of the molecule is Cc1ccc(NC(=O)CN2C(=O)NC(=Cc3ccc(-c4ccccc4)s3)C2=O)cc1. The predicted molar refractivity (Wildman–Crippen MR) is 118 cm³/mol. The highest BCUT2D eigenvalue weighted by Gasteiger charge is 2.35. The molecule has 1 aromatic heterocycles. The molecule has 2 heterocycles. The summed E-state index contributed by atoms with van der Waals surface area (Å²) in [6.45, 7) is 1.60. The van der Waals surface area contributed by atoms with Gasteiger partial charge in [0, 0.05) is 15.4 Å². The number of hydrogen-bond acceptors (Lipinski definition) is 4. The highest BCUT2D eigenvalue weighted by molar-refractivity contribution is 7.16. The van der Waals surface area contributed by atoms with Gasteiger partial charge in [-0.2, -0.15) is 0 Å². The largest absolute Gasteiger partial charge is 0.329 e. The molecule has 1 aliphatic heterocycles. The summed E-state index contributed by atoms with van der Waals surface area (Å²) in [6.07, 6.45) is 1.63. The van der Waals surface area contributed by atoms with Crippen LogP contribution in [0.5, 0.6) is 0 Å². The summed E-state index contributed by atoms with van der Waals surface area (Å²) in [6, 6.07) is 20.5. The molecule has 6 nitrogen and oxygen atoms in total. The lowest BCUT2D eigenvalue weighted by molar-refractivity contribution is -0.127. The van der Waals surface area contributed by atoms with E-state index in [4.69, 9.17) is 0 Å². The van der Waals surface area contributed by atoms with Crippen LogP contribution in [0.2, 0.25) is 0 Å². The molecule has 1 aliphatic rings. The van der Waals surface area contributed by atoms with Gasteiger partial charge in [-0.25, -0.2) is 9.69 Å². The number of nitrogens with one attached hydrogen (secondary N) is 2. The zero-order valence-corrected chi connectivity index (χ0v) is 17.0. The van der Waals surface area contributed by atoms with Crippen molar-refractivity contribution in [2.24, 2.45) is 0 Å². The predicted octanol–water partition coefficient (Wildman–Crippen LogP) is 4.25. The van der Waals surface area contributed by atoms with E-state index in [9.17, 15) is 14.4 Å². The van der Waals surface area contributed by atoms with Gasteiger partial charge < -0.3 is 10.6 Å². The molecule has 0 radical (unpaired) electrons. The zero-order valence-electron chi connectivity index (χ0n) is 16.2. The third-order valence-corrected chi connectivity index (χ3v) is 5.65. The molecule has 2 N–H and O–H groups in total. The number of aryl methyl sites for hydroxylation is 1. The minimum absolute atomic E-state index is 0.157. The summed E-state index contributed by atoms with van der Waals surface area (Å²) in [5.41, 5.74) is 2.93. The van der Waals surface area contributed by atoms with Crippen molar-refractivity contribution in [3.8, 4) is 10.4 Å². The third kappa shape index (κ3) is 4.31. The normalized spacial score (nSPS) is 14.8. The molecular formula is C23H19N3O3S. The fourth-order valence-electron chi connectivity index (χ4n) is 3.03. The Morgan fingerprint density at radius 3 is 2.50 bits per heavy atom. The Morgan fingerprint density at radius 1 is 1.03 bits per heavy atom. The first-order chi connectivity index (χ1) is 14.5. The number of anilines is 1. The standard InChI is InChI=1S/C23H19N3O3S/c1-15-7-9-17(10-8-15)24-21(27)14-26-22(28)19(25-23(26)29)13-18-11-12-20(30-18)16-5-3-2-4-6-16/h2-13H,14H2,1H3,(H,24,27)(H,25,29). The van der Waals surface area contributed by atoms with Gasteiger partial charge in [0.15, 0.2) is 0 Å². The van der Waals surface area contributed by atoms with Crippen molar-refractivity contribution in [2.45, 2.75) is 6.92 Å². The Hall–Kier alpha value is -3.71. The number of amides is 4. The van der Waals surface area contributed by atoms with Gasteiger partial charge in [-0.1, -0.05) is 48.0 Å². The van der Waals surface area contributed by atoms with E-state index in [1.54, 1.807) is 18.2 Å². The van der Waals surface area contributed by atoms with Crippen LogP contribution >= 0.6 is 11.3 Å². The summed E-state index contributed by atoms with van der Waals surface area (Å²) >= 11 is 1.52. The van der Waals surface area contributed by atoms with Crippen LogP contribution in [0.15, 0.2) is 72.4 Å². The van der Waals surface area contributed by atoms with Gasteiger partial charge in [-0.05, 0) is 42.8 Å². The quantitative estimate of drug-likeness (QED) is 0.481. The Labute approximate surface area is 177 Å². The molecule has 4 rings (SSSR count). The van der Waals surface area contributed by atoms with E-state index in [0.29, 0.717) is 5.69 Å². The maximum Gasteiger partial charge on any atom is 0.329 e. The van der Waals surface area contributed by atoms with Gasteiger partial charge in [0.2, 0.25) is 5.91 Å². The second-order valence-electron chi connectivity index (χ2n) is 6.86. The van der Waals surface area contributed by atoms with Crippen molar-refractivity contribution in [3.63, 3.8) is 0 Å². The molecule has 0 atom stereocenters. The summed E-state index contributed by atoms with van der Waals surface area (Å²) in [5, 5.41) is 5.25. The Morgan fingerprint density at radius 2 is 1.77 bits per heavy atom. The van der Waals surface area contributed by atoms with Gasteiger partial charge in [0.1, 0.15) is 12.2 Å². The molecule has 2 aromatic carbocycles. The molecule has 0 bridgehead atoms. The highest BCUT2D eigenvalue weighted by Crippen LogP contribution is 2.29. The molecule has 4 amide bonds. The number of imide groups is 1. The lowest BCUT2D eigenvalue weighted by Gasteiger charge is -2.12. The van der Waals surface area contributed by atoms with E-state index < -0.39 is 17.8 Å². The molecule has 3 aromatic rings. The number of carbonyl (C=O) groups excluding carboxylic acids is 3. The maximum absolute atomic E-state index is 12.6. The van der Waals surface area contributed by atoms with Gasteiger partial charge in [-0.15, -0.1) is 11.3 Å². The molecule has 30 heavy (non-hydrogen) atoms. The lowest BCUT2D eigenvalue weighted by Crippen LogP contribution is -2.38. The maximum atomic E-state index is 12.6. The van der Waals surface area contributed by atoms with Crippen molar-refractivity contribution >= 4 is 40.9 Å². The summed E-state index contributed by atoms with van der Waals surface area (Å²) in [5.74, 6) is -0.959. The second-order valence-corrected chi connectivity index (χ2v) is 7.98. The summed E-state index contributed by atoms with van der Waals surface area (Å²) in [7, 11) is 0. The molecule has 150 valence electrons. The molecular weight excluding hydrogens is 398 g/mol. The van der Waals surface area contributed by atoms with E-state index in [1.807, 2.05) is 61.5 Å². The van der Waals surface area contributed by atoms with Crippen LogP contribution in [0.4, 0.5) is 10.5 Å². The third-order valence-electron chi connectivity index (χ3n) is 4.57. The number of rotatable bonds is 5. The van der Waals surface area contributed by atoms with E-state index in [0.717, 1.165) is 25.8 Å². The topological polar surface area (TPSA) is 78.5 Å². The van der Waals surface area contributed by atoms with Crippen molar-refractivity contribution in [2.75, 3.05) is 11.9 Å². The molecule has 0 saturated carbocycles. The van der Waals surface area contributed by atoms with Crippen molar-refractivity contribution in [1.82, 2.24) is 10.2 Å². The average Bonchev–Trinajstić information content (AvgIpc) is 3.31. The lowest BCUT2D eigenvalue weighted by atomic mass is 10.2. The van der Waals surface area contributed by atoms with Crippen LogP contribution in [0.3, 0.4) is 0 Å². The minimum atomic E-state index is -0.606. The number of urea groups is 1. The average molecular weight is 417 g/mol. The zero-order chi connectivity index (χ0) is 21.1. The number of benzene rings is 2. The van der Waals surface area contributed by atoms with E-state index >= 15 is 0 Å². The van der Waals surface area contributed by atoms with Crippen LogP contribution < -0.4 is 10.6 Å². The number of thiophene rings is 1. The second kappa shape index (κ2) is 8.34. The molecule has 7 heteroatoms. The number of nitrogens with zero attached hydrogens (tertiary/aromatic N) is 1. The minimum Gasteiger partial charge on any atom is -0.325 e. The van der Waals surface area contributed by atoms with Crippen LogP contribution in [0.25, 0.3) is 16.5 Å². The monoisotopic (exact) mass is 417 g/mol. The highest BCUT2D eigenvalue weighted by atomic mass is 32.1. The van der Waals surface area contributed by atoms with E-state index in [2.05, 4.69) is 10.6 Å². The van der Waals surface area contributed by atoms with Crippen LogP contribution in [-0.4, -0.2) is 29.3 Å². The van der Waals surface area contributed by atoms with Crippen molar-refractivity contribution in [1.29, 1.82) is 0 Å². The first kappa shape index (κ1) is 19.6. The van der Waals surface area contributed by atoms with Gasteiger partial charge >= 0.3 is 6.03 Å². The van der Waals surface area contributed by atoms with Crippen LogP contribution in [0, 0.1) is 6.92 Å². The Balaban J connectivity index is 1.44. The van der Waals surface area contributed by atoms with Crippen molar-refractivity contribution in [3.05, 3.63) is 82.9 Å². The van der Waals surface area contributed by atoms with Gasteiger partial charge in [-0.3, -0.25) is 9.59 Å². The summed E-state index contributed by atoms with van der Waals surface area (Å²) in [4.78, 5) is 39.9. The van der Waals surface area contributed by atoms with Crippen LogP contribution in [0.1, 0.15) is 10.4 Å². The van der Waals surface area contributed by atoms with Gasteiger partial charge in [0.25, 0.3) is 5.91 Å². The Bertz CT molecular complexity index is 1130. The fourth-order valence-corrected chi connectivity index (χ4v) is 3.98. The van der Waals surface area contributed by atoms with E-state index in [-0.39, 0.29) is 12.2 Å². The first-order valence-corrected chi connectivity index (χ1v) is 10.2.